The molecule has 1 N–H and O–H groups in total. The topological polar surface area (TPSA) is 94.2 Å². The number of nitro groups is 1. The van der Waals surface area contributed by atoms with E-state index in [4.69, 9.17) is 9.47 Å². The third-order valence-corrected chi connectivity index (χ3v) is 3.12. The van der Waals surface area contributed by atoms with E-state index in [0.717, 1.165) is 0 Å². The lowest BCUT2D eigenvalue weighted by Gasteiger charge is -2.11. The van der Waals surface area contributed by atoms with Crippen LogP contribution in [-0.2, 0) is 0 Å². The van der Waals surface area contributed by atoms with Crippen molar-refractivity contribution < 1.29 is 19.6 Å². The van der Waals surface area contributed by atoms with Gasteiger partial charge in [-0.15, -0.1) is 0 Å². The molecule has 0 atom stereocenters. The zero-order chi connectivity index (χ0) is 16.1. The summed E-state index contributed by atoms with van der Waals surface area (Å²) in [5, 5.41) is 23.3. The molecule has 114 valence electrons. The van der Waals surface area contributed by atoms with E-state index in [9.17, 15) is 15.3 Å². The summed E-state index contributed by atoms with van der Waals surface area (Å²) < 4.78 is 10.4. The van der Waals surface area contributed by atoms with Gasteiger partial charge in [-0.2, -0.15) is 0 Å². The fourth-order valence-electron chi connectivity index (χ4n) is 2.00. The van der Waals surface area contributed by atoms with Crippen molar-refractivity contribution in [2.45, 2.75) is 0 Å². The second kappa shape index (κ2) is 6.57. The van der Waals surface area contributed by atoms with Gasteiger partial charge in [0, 0.05) is 29.3 Å². The number of oxime groups is 1. The molecule has 7 heteroatoms. The van der Waals surface area contributed by atoms with Crippen LogP contribution in [0.25, 0.3) is 0 Å². The standard InChI is InChI=1S/C15H14N2O5/c1-21-12-7-8-13(14(9-12)22-2)15(16-18)10-3-5-11(6-4-10)17(19)20/h3-9,18H,1-2H3/b16-15+. The van der Waals surface area contributed by atoms with Crippen molar-refractivity contribution >= 4 is 11.4 Å². The Morgan fingerprint density at radius 1 is 1.14 bits per heavy atom. The van der Waals surface area contributed by atoms with Crippen LogP contribution in [0, 0.1) is 10.1 Å². The second-order valence-electron chi connectivity index (χ2n) is 4.32. The average molecular weight is 302 g/mol. The van der Waals surface area contributed by atoms with Gasteiger partial charge in [0.2, 0.25) is 0 Å². The predicted octanol–water partition coefficient (Wildman–Crippen LogP) is 2.84. The van der Waals surface area contributed by atoms with Gasteiger partial charge in [-0.3, -0.25) is 10.1 Å². The maximum Gasteiger partial charge on any atom is 0.269 e. The number of non-ortho nitro benzene ring substituents is 1. The summed E-state index contributed by atoms with van der Waals surface area (Å²) in [5.74, 6) is 1.06. The van der Waals surface area contributed by atoms with Crippen molar-refractivity contribution in [1.29, 1.82) is 0 Å². The summed E-state index contributed by atoms with van der Waals surface area (Å²) in [7, 11) is 3.02. The second-order valence-corrected chi connectivity index (χ2v) is 4.32. The molecule has 2 rings (SSSR count). The van der Waals surface area contributed by atoms with E-state index in [1.54, 1.807) is 18.2 Å². The van der Waals surface area contributed by atoms with E-state index in [1.165, 1.54) is 38.5 Å². The van der Waals surface area contributed by atoms with Crippen LogP contribution < -0.4 is 9.47 Å². The molecule has 0 saturated carbocycles. The van der Waals surface area contributed by atoms with E-state index in [-0.39, 0.29) is 11.4 Å². The zero-order valence-electron chi connectivity index (χ0n) is 12.0. The van der Waals surface area contributed by atoms with Crippen LogP contribution >= 0.6 is 0 Å². The molecule has 0 saturated heterocycles. The summed E-state index contributed by atoms with van der Waals surface area (Å²) in [4.78, 5) is 10.2. The first-order chi connectivity index (χ1) is 10.6. The van der Waals surface area contributed by atoms with E-state index >= 15 is 0 Å². The third kappa shape index (κ3) is 2.98. The minimum absolute atomic E-state index is 0.0391. The molecule has 0 aliphatic rings. The molecule has 2 aromatic carbocycles. The Hall–Kier alpha value is -3.09. The zero-order valence-corrected chi connectivity index (χ0v) is 12.0. The van der Waals surface area contributed by atoms with Gasteiger partial charge < -0.3 is 14.7 Å². The number of hydrogen-bond donors (Lipinski definition) is 1. The molecule has 0 radical (unpaired) electrons. The van der Waals surface area contributed by atoms with Gasteiger partial charge in [-0.25, -0.2) is 0 Å². The monoisotopic (exact) mass is 302 g/mol. The normalized spacial score (nSPS) is 11.1. The Bertz CT molecular complexity index is 710. The van der Waals surface area contributed by atoms with Crippen LogP contribution in [0.2, 0.25) is 0 Å². The van der Waals surface area contributed by atoms with E-state index in [0.29, 0.717) is 22.6 Å². The first kappa shape index (κ1) is 15.3. The molecule has 2 aromatic rings. The molecular weight excluding hydrogens is 288 g/mol. The van der Waals surface area contributed by atoms with Gasteiger partial charge in [0.15, 0.2) is 0 Å². The van der Waals surface area contributed by atoms with Crippen molar-refractivity contribution in [3.8, 4) is 11.5 Å². The Balaban J connectivity index is 2.46. The number of nitro benzene ring substituents is 1. The first-order valence-corrected chi connectivity index (χ1v) is 6.30. The van der Waals surface area contributed by atoms with Gasteiger partial charge in [-0.1, -0.05) is 5.16 Å². The highest BCUT2D eigenvalue weighted by molar-refractivity contribution is 6.14. The summed E-state index contributed by atoms with van der Waals surface area (Å²) in [5.41, 5.74) is 1.27. The highest BCUT2D eigenvalue weighted by Crippen LogP contribution is 2.27. The van der Waals surface area contributed by atoms with Gasteiger partial charge in [0.25, 0.3) is 5.69 Å². The minimum atomic E-state index is -0.493. The van der Waals surface area contributed by atoms with Crippen LogP contribution in [0.3, 0.4) is 0 Å². The Morgan fingerprint density at radius 3 is 2.32 bits per heavy atom. The summed E-state index contributed by atoms with van der Waals surface area (Å²) in [6, 6.07) is 10.8. The van der Waals surface area contributed by atoms with Crippen LogP contribution in [0.4, 0.5) is 5.69 Å². The molecule has 0 spiro atoms. The average Bonchev–Trinajstić information content (AvgIpc) is 2.56. The lowest BCUT2D eigenvalue weighted by atomic mass is 10.0. The summed E-state index contributed by atoms with van der Waals surface area (Å²) in [6.07, 6.45) is 0. The van der Waals surface area contributed by atoms with Gasteiger partial charge in [0.1, 0.15) is 17.2 Å². The van der Waals surface area contributed by atoms with Crippen molar-refractivity contribution in [1.82, 2.24) is 0 Å². The fourth-order valence-corrected chi connectivity index (χ4v) is 2.00. The molecule has 0 aromatic heterocycles. The maximum absolute atomic E-state index is 10.7. The highest BCUT2D eigenvalue weighted by atomic mass is 16.6. The summed E-state index contributed by atoms with van der Waals surface area (Å²) in [6.45, 7) is 0. The van der Waals surface area contributed by atoms with Crippen LogP contribution in [0.15, 0.2) is 47.6 Å². The maximum atomic E-state index is 10.7. The highest BCUT2D eigenvalue weighted by Gasteiger charge is 2.15. The number of rotatable bonds is 5. The number of hydrogen-bond acceptors (Lipinski definition) is 6. The lowest BCUT2D eigenvalue weighted by Crippen LogP contribution is -2.06. The largest absolute Gasteiger partial charge is 0.497 e. The van der Waals surface area contributed by atoms with Crippen molar-refractivity contribution in [3.63, 3.8) is 0 Å². The molecule has 22 heavy (non-hydrogen) atoms. The predicted molar refractivity (Wildman–Crippen MR) is 80.1 cm³/mol. The van der Waals surface area contributed by atoms with Crippen molar-refractivity contribution in [3.05, 3.63) is 63.7 Å². The number of nitrogens with zero attached hydrogens (tertiary/aromatic N) is 2. The third-order valence-electron chi connectivity index (χ3n) is 3.12. The van der Waals surface area contributed by atoms with Crippen molar-refractivity contribution in [2.75, 3.05) is 14.2 Å². The summed E-state index contributed by atoms with van der Waals surface area (Å²) >= 11 is 0. The molecule has 7 nitrogen and oxygen atoms in total. The smallest absolute Gasteiger partial charge is 0.269 e. The SMILES string of the molecule is COc1ccc(/C(=N/O)c2ccc([N+](=O)[O-])cc2)c(OC)c1. The Morgan fingerprint density at radius 2 is 1.82 bits per heavy atom. The number of benzene rings is 2. The number of methoxy groups -OCH3 is 2. The molecule has 0 bridgehead atoms. The minimum Gasteiger partial charge on any atom is -0.497 e. The lowest BCUT2D eigenvalue weighted by molar-refractivity contribution is -0.384. The Labute approximate surface area is 126 Å². The van der Waals surface area contributed by atoms with E-state index in [1.807, 2.05) is 0 Å². The molecule has 0 aliphatic carbocycles. The molecule has 0 amide bonds. The fraction of sp³-hybridized carbons (Fsp3) is 0.133. The van der Waals surface area contributed by atoms with Crippen LogP contribution in [-0.4, -0.2) is 30.1 Å². The Kier molecular flexibility index (Phi) is 4.57. The van der Waals surface area contributed by atoms with E-state index in [2.05, 4.69) is 5.16 Å². The van der Waals surface area contributed by atoms with E-state index < -0.39 is 4.92 Å². The quantitative estimate of drug-likeness (QED) is 0.396. The first-order valence-electron chi connectivity index (χ1n) is 6.30. The van der Waals surface area contributed by atoms with Crippen molar-refractivity contribution in [2.24, 2.45) is 5.16 Å². The van der Waals surface area contributed by atoms with Gasteiger partial charge in [0.05, 0.1) is 19.1 Å². The van der Waals surface area contributed by atoms with Gasteiger partial charge in [-0.05, 0) is 24.3 Å². The molecule has 0 fully saturated rings. The molecular formula is C15H14N2O5. The molecule has 0 heterocycles. The number of ether oxygens (including phenoxy) is 2. The van der Waals surface area contributed by atoms with Crippen LogP contribution in [0.1, 0.15) is 11.1 Å². The molecule has 0 unspecified atom stereocenters. The van der Waals surface area contributed by atoms with Crippen LogP contribution in [0.5, 0.6) is 11.5 Å². The molecule has 0 aliphatic heterocycles. The van der Waals surface area contributed by atoms with Gasteiger partial charge >= 0.3 is 0 Å².